The van der Waals surface area contributed by atoms with Gasteiger partial charge in [-0.15, -0.1) is 10.2 Å². The molecule has 5 nitrogen and oxygen atoms in total. The average Bonchev–Trinajstić information content (AvgIpc) is 2.99. The molecule has 0 bridgehead atoms. The van der Waals surface area contributed by atoms with Gasteiger partial charge in [-0.3, -0.25) is 10.1 Å². The van der Waals surface area contributed by atoms with E-state index in [1.165, 1.54) is 17.4 Å². The number of rotatable bonds is 7. The van der Waals surface area contributed by atoms with Crippen molar-refractivity contribution in [2.45, 2.75) is 26.7 Å². The Labute approximate surface area is 134 Å². The Kier molecular flexibility index (Phi) is 6.09. The van der Waals surface area contributed by atoms with Gasteiger partial charge in [0.05, 0.1) is 6.61 Å². The van der Waals surface area contributed by atoms with Crippen LogP contribution in [0.3, 0.4) is 0 Å². The van der Waals surface area contributed by atoms with Crippen molar-refractivity contribution in [3.63, 3.8) is 0 Å². The van der Waals surface area contributed by atoms with Crippen LogP contribution in [0.1, 0.15) is 30.8 Å². The highest BCUT2D eigenvalue weighted by Gasteiger charge is 2.04. The minimum atomic E-state index is -0.217. The Balaban J connectivity index is 1.88. The zero-order valence-corrected chi connectivity index (χ0v) is 13.5. The lowest BCUT2D eigenvalue weighted by atomic mass is 10.2. The van der Waals surface area contributed by atoms with E-state index >= 15 is 0 Å². The first-order chi connectivity index (χ1) is 10.7. The van der Waals surface area contributed by atoms with Gasteiger partial charge < -0.3 is 4.74 Å². The van der Waals surface area contributed by atoms with Gasteiger partial charge >= 0.3 is 0 Å². The van der Waals surface area contributed by atoms with Gasteiger partial charge in [0.2, 0.25) is 11.0 Å². The molecule has 22 heavy (non-hydrogen) atoms. The number of hydrogen-bond acceptors (Lipinski definition) is 5. The van der Waals surface area contributed by atoms with Crippen molar-refractivity contribution in [3.05, 3.63) is 40.9 Å². The van der Waals surface area contributed by atoms with Gasteiger partial charge in [-0.05, 0) is 36.6 Å². The summed E-state index contributed by atoms with van der Waals surface area (Å²) in [7, 11) is 0. The number of hydrogen-bond donors (Lipinski definition) is 1. The minimum Gasteiger partial charge on any atom is -0.494 e. The fraction of sp³-hybridized carbons (Fsp3) is 0.312. The Hall–Kier alpha value is -2.21. The maximum atomic E-state index is 11.8. The van der Waals surface area contributed by atoms with Crippen LogP contribution >= 0.6 is 11.3 Å². The Morgan fingerprint density at radius 1 is 1.27 bits per heavy atom. The molecule has 1 heterocycles. The molecule has 0 aliphatic carbocycles. The Morgan fingerprint density at radius 3 is 2.68 bits per heavy atom. The number of nitrogens with one attached hydrogen (secondary N) is 1. The van der Waals surface area contributed by atoms with E-state index in [4.69, 9.17) is 4.74 Å². The summed E-state index contributed by atoms with van der Waals surface area (Å²) in [6.45, 7) is 4.77. The van der Waals surface area contributed by atoms with E-state index in [1.54, 1.807) is 6.08 Å². The molecule has 1 amide bonds. The average molecular weight is 317 g/mol. The molecular weight excluding hydrogens is 298 g/mol. The van der Waals surface area contributed by atoms with Crippen LogP contribution in [0, 0.1) is 0 Å². The topological polar surface area (TPSA) is 64.1 Å². The lowest BCUT2D eigenvalue weighted by molar-refractivity contribution is -0.111. The molecule has 0 unspecified atom stereocenters. The van der Waals surface area contributed by atoms with E-state index < -0.39 is 0 Å². The molecule has 6 heteroatoms. The molecule has 1 N–H and O–H groups in total. The highest BCUT2D eigenvalue weighted by atomic mass is 32.1. The number of aromatic nitrogens is 2. The number of carbonyl (C=O) groups is 1. The third kappa shape index (κ3) is 4.96. The predicted molar refractivity (Wildman–Crippen MR) is 89.2 cm³/mol. The summed E-state index contributed by atoms with van der Waals surface area (Å²) in [5, 5.41) is 12.0. The van der Waals surface area contributed by atoms with Crippen LogP contribution < -0.4 is 10.1 Å². The van der Waals surface area contributed by atoms with E-state index in [2.05, 4.69) is 22.4 Å². The summed E-state index contributed by atoms with van der Waals surface area (Å²) < 4.78 is 5.51. The summed E-state index contributed by atoms with van der Waals surface area (Å²) in [6, 6.07) is 7.61. The molecule has 0 spiro atoms. The van der Waals surface area contributed by atoms with E-state index in [0.717, 1.165) is 29.2 Å². The summed E-state index contributed by atoms with van der Waals surface area (Å²) in [5.41, 5.74) is 0.936. The third-order valence-corrected chi connectivity index (χ3v) is 3.76. The fourth-order valence-electron chi connectivity index (χ4n) is 1.66. The number of anilines is 1. The summed E-state index contributed by atoms with van der Waals surface area (Å²) in [6.07, 6.45) is 5.03. The molecule has 0 aliphatic rings. The van der Waals surface area contributed by atoms with Crippen molar-refractivity contribution in [3.8, 4) is 5.75 Å². The molecule has 1 aromatic heterocycles. The number of carbonyl (C=O) groups excluding carboxylic acids is 1. The van der Waals surface area contributed by atoms with Gasteiger partial charge in [0, 0.05) is 6.08 Å². The van der Waals surface area contributed by atoms with Gasteiger partial charge in [-0.25, -0.2) is 0 Å². The van der Waals surface area contributed by atoms with Crippen molar-refractivity contribution in [1.29, 1.82) is 0 Å². The second-order valence-electron chi connectivity index (χ2n) is 4.59. The molecule has 2 aromatic rings. The SMILES string of the molecule is CCCOc1ccc(/C=C/C(=O)Nc2nnc(CC)s2)cc1. The first kappa shape index (κ1) is 16.2. The summed E-state index contributed by atoms with van der Waals surface area (Å²) in [5.74, 6) is 0.620. The van der Waals surface area contributed by atoms with Crippen LogP contribution in [0.15, 0.2) is 30.3 Å². The van der Waals surface area contributed by atoms with Gasteiger partial charge in [0.1, 0.15) is 10.8 Å². The monoisotopic (exact) mass is 317 g/mol. The van der Waals surface area contributed by atoms with Gasteiger partial charge in [-0.1, -0.05) is 37.3 Å². The lowest BCUT2D eigenvalue weighted by Gasteiger charge is -2.03. The second-order valence-corrected chi connectivity index (χ2v) is 5.66. The quantitative estimate of drug-likeness (QED) is 0.793. The Bertz CT molecular complexity index is 635. The lowest BCUT2D eigenvalue weighted by Crippen LogP contribution is -2.07. The summed E-state index contributed by atoms with van der Waals surface area (Å²) >= 11 is 1.39. The van der Waals surface area contributed by atoms with Gasteiger partial charge in [0.15, 0.2) is 0 Å². The number of amides is 1. The van der Waals surface area contributed by atoms with Crippen molar-refractivity contribution in [2.24, 2.45) is 0 Å². The van der Waals surface area contributed by atoms with Crippen LogP contribution in [-0.4, -0.2) is 22.7 Å². The highest BCUT2D eigenvalue weighted by molar-refractivity contribution is 7.15. The van der Waals surface area contributed by atoms with E-state index in [1.807, 2.05) is 31.2 Å². The first-order valence-electron chi connectivity index (χ1n) is 7.25. The van der Waals surface area contributed by atoms with E-state index in [0.29, 0.717) is 11.7 Å². The van der Waals surface area contributed by atoms with Crippen LogP contribution in [0.5, 0.6) is 5.75 Å². The molecule has 0 aliphatic heterocycles. The van der Waals surface area contributed by atoms with Crippen LogP contribution in [0.25, 0.3) is 6.08 Å². The fourth-order valence-corrected chi connectivity index (χ4v) is 2.34. The van der Waals surface area contributed by atoms with Crippen molar-refractivity contribution in [2.75, 3.05) is 11.9 Å². The first-order valence-corrected chi connectivity index (χ1v) is 8.07. The standard InChI is InChI=1S/C16H19N3O2S/c1-3-11-21-13-8-5-12(6-9-13)7-10-14(20)17-16-19-18-15(4-2)22-16/h5-10H,3-4,11H2,1-2H3,(H,17,19,20)/b10-7+. The molecule has 116 valence electrons. The Morgan fingerprint density at radius 2 is 2.05 bits per heavy atom. The zero-order chi connectivity index (χ0) is 15.8. The molecular formula is C16H19N3O2S. The molecule has 0 fully saturated rings. The number of ether oxygens (including phenoxy) is 1. The zero-order valence-electron chi connectivity index (χ0n) is 12.7. The smallest absolute Gasteiger partial charge is 0.250 e. The molecule has 0 atom stereocenters. The van der Waals surface area contributed by atoms with Gasteiger partial charge in [0.25, 0.3) is 0 Å². The predicted octanol–water partition coefficient (Wildman–Crippen LogP) is 3.54. The molecule has 0 radical (unpaired) electrons. The van der Waals surface area contributed by atoms with Crippen molar-refractivity contribution >= 4 is 28.5 Å². The number of benzene rings is 1. The third-order valence-electron chi connectivity index (χ3n) is 2.78. The molecule has 0 saturated carbocycles. The highest BCUT2D eigenvalue weighted by Crippen LogP contribution is 2.16. The van der Waals surface area contributed by atoms with Crippen molar-refractivity contribution in [1.82, 2.24) is 10.2 Å². The number of nitrogens with zero attached hydrogens (tertiary/aromatic N) is 2. The summed E-state index contributed by atoms with van der Waals surface area (Å²) in [4.78, 5) is 11.8. The van der Waals surface area contributed by atoms with Gasteiger partial charge in [-0.2, -0.15) is 0 Å². The molecule has 2 rings (SSSR count). The van der Waals surface area contributed by atoms with Crippen molar-refractivity contribution < 1.29 is 9.53 Å². The maximum absolute atomic E-state index is 11.8. The molecule has 1 aromatic carbocycles. The molecule has 0 saturated heterocycles. The normalized spacial score (nSPS) is 10.8. The number of aryl methyl sites for hydroxylation is 1. The van der Waals surface area contributed by atoms with E-state index in [9.17, 15) is 4.79 Å². The van der Waals surface area contributed by atoms with Crippen LogP contribution in [0.4, 0.5) is 5.13 Å². The minimum absolute atomic E-state index is 0.217. The second kappa shape index (κ2) is 8.29. The van der Waals surface area contributed by atoms with Crippen LogP contribution in [-0.2, 0) is 11.2 Å². The van der Waals surface area contributed by atoms with Crippen LogP contribution in [0.2, 0.25) is 0 Å². The largest absolute Gasteiger partial charge is 0.494 e. The van der Waals surface area contributed by atoms with E-state index in [-0.39, 0.29) is 5.91 Å². The maximum Gasteiger partial charge on any atom is 0.250 e.